The minimum atomic E-state index is -0.329. The standard InChI is InChI=1S/C8H16.C4H6O2.C2H4/c1-3-5-7-8-6-4-2;1-3-6-4(2)5;1-2/h3H,1,4-8H2,2H3;3H,1H2,2H3;1-2H2. The maximum atomic E-state index is 9.75. The molecule has 0 amide bonds. The van der Waals surface area contributed by atoms with Crippen molar-refractivity contribution < 1.29 is 9.53 Å². The Kier molecular flexibility index (Phi) is 29.6. The van der Waals surface area contributed by atoms with Crippen LogP contribution in [0.5, 0.6) is 0 Å². The van der Waals surface area contributed by atoms with Crippen LogP contribution in [-0.2, 0) is 9.53 Å². The number of ether oxygens (including phenoxy) is 1. The molecular weight excluding hydrogens is 200 g/mol. The zero-order chi connectivity index (χ0) is 13.2. The van der Waals surface area contributed by atoms with Crippen molar-refractivity contribution in [1.82, 2.24) is 0 Å². The Morgan fingerprint density at radius 1 is 1.19 bits per heavy atom. The van der Waals surface area contributed by atoms with E-state index in [1.54, 1.807) is 0 Å². The molecule has 0 unspecified atom stereocenters. The second-order valence-corrected chi connectivity index (χ2v) is 2.91. The van der Waals surface area contributed by atoms with E-state index in [4.69, 9.17) is 0 Å². The Balaban J connectivity index is -0.000000188. The van der Waals surface area contributed by atoms with Crippen molar-refractivity contribution in [1.29, 1.82) is 0 Å². The molecule has 16 heavy (non-hydrogen) atoms. The summed E-state index contributed by atoms with van der Waals surface area (Å²) in [6.45, 7) is 16.4. The van der Waals surface area contributed by atoms with Crippen molar-refractivity contribution in [3.8, 4) is 0 Å². The predicted octanol–water partition coefficient (Wildman–Crippen LogP) is 4.64. The lowest BCUT2D eigenvalue weighted by Crippen LogP contribution is -1.87. The third-order valence-electron chi connectivity index (χ3n) is 1.51. The van der Waals surface area contributed by atoms with Crippen LogP contribution in [0.15, 0.2) is 38.7 Å². The van der Waals surface area contributed by atoms with Gasteiger partial charge < -0.3 is 4.74 Å². The maximum Gasteiger partial charge on any atom is 0.307 e. The van der Waals surface area contributed by atoms with E-state index in [1.165, 1.54) is 39.0 Å². The minimum Gasteiger partial charge on any atom is -0.435 e. The van der Waals surface area contributed by atoms with Gasteiger partial charge in [-0.05, 0) is 12.8 Å². The highest BCUT2D eigenvalue weighted by Gasteiger charge is 1.81. The molecule has 0 bridgehead atoms. The van der Waals surface area contributed by atoms with Gasteiger partial charge in [0.25, 0.3) is 0 Å². The van der Waals surface area contributed by atoms with Crippen molar-refractivity contribution >= 4 is 5.97 Å². The summed E-state index contributed by atoms with van der Waals surface area (Å²) in [5, 5.41) is 0. The number of esters is 1. The molecule has 94 valence electrons. The molecule has 2 heteroatoms. The predicted molar refractivity (Wildman–Crippen MR) is 72.2 cm³/mol. The van der Waals surface area contributed by atoms with E-state index in [-0.39, 0.29) is 5.97 Å². The molecule has 0 rings (SSSR count). The zero-order valence-corrected chi connectivity index (χ0v) is 10.8. The Labute approximate surface area is 101 Å². The van der Waals surface area contributed by atoms with Gasteiger partial charge in [0.15, 0.2) is 0 Å². The first-order chi connectivity index (χ1) is 7.68. The molecule has 0 aromatic heterocycles. The van der Waals surface area contributed by atoms with E-state index < -0.39 is 0 Å². The Bertz CT molecular complexity index is 162. The van der Waals surface area contributed by atoms with Crippen LogP contribution >= 0.6 is 0 Å². The van der Waals surface area contributed by atoms with Crippen molar-refractivity contribution in [2.45, 2.75) is 46.0 Å². The quantitative estimate of drug-likeness (QED) is 0.285. The van der Waals surface area contributed by atoms with Gasteiger partial charge in [0.1, 0.15) is 0 Å². The average Bonchev–Trinajstić information content (AvgIpc) is 2.28. The van der Waals surface area contributed by atoms with Crippen LogP contribution in [0.4, 0.5) is 0 Å². The molecule has 0 radical (unpaired) electrons. The molecular formula is C14H26O2. The van der Waals surface area contributed by atoms with Gasteiger partial charge in [-0.3, -0.25) is 4.79 Å². The lowest BCUT2D eigenvalue weighted by molar-refractivity contribution is -0.135. The number of unbranched alkanes of at least 4 members (excludes halogenated alkanes) is 4. The van der Waals surface area contributed by atoms with Gasteiger partial charge in [0, 0.05) is 6.92 Å². The number of hydrogen-bond acceptors (Lipinski definition) is 2. The largest absolute Gasteiger partial charge is 0.435 e. The van der Waals surface area contributed by atoms with Gasteiger partial charge in [-0.1, -0.05) is 38.8 Å². The second-order valence-electron chi connectivity index (χ2n) is 2.91. The molecule has 0 aromatic rings. The van der Waals surface area contributed by atoms with E-state index in [9.17, 15) is 4.79 Å². The topological polar surface area (TPSA) is 26.3 Å². The fourth-order valence-corrected chi connectivity index (χ4v) is 0.833. The van der Waals surface area contributed by atoms with Gasteiger partial charge in [-0.2, -0.15) is 0 Å². The summed E-state index contributed by atoms with van der Waals surface area (Å²) in [6, 6.07) is 0. The first-order valence-electron chi connectivity index (χ1n) is 5.58. The molecule has 0 aliphatic heterocycles. The summed E-state index contributed by atoms with van der Waals surface area (Å²) in [5.74, 6) is -0.329. The summed E-state index contributed by atoms with van der Waals surface area (Å²) in [7, 11) is 0. The first-order valence-corrected chi connectivity index (χ1v) is 5.58. The van der Waals surface area contributed by atoms with E-state index in [1.807, 2.05) is 6.08 Å². The van der Waals surface area contributed by atoms with Crippen LogP contribution in [0.1, 0.15) is 46.0 Å². The highest BCUT2D eigenvalue weighted by Crippen LogP contribution is 2.01. The molecule has 0 saturated heterocycles. The molecule has 0 saturated carbocycles. The van der Waals surface area contributed by atoms with Crippen molar-refractivity contribution in [3.63, 3.8) is 0 Å². The molecule has 0 aliphatic rings. The smallest absolute Gasteiger partial charge is 0.307 e. The van der Waals surface area contributed by atoms with Gasteiger partial charge in [-0.15, -0.1) is 19.7 Å². The number of carbonyl (C=O) groups is 1. The Morgan fingerprint density at radius 3 is 2.00 bits per heavy atom. The highest BCUT2D eigenvalue weighted by atomic mass is 16.5. The summed E-state index contributed by atoms with van der Waals surface area (Å²) in [6.07, 6.45) is 9.71. The van der Waals surface area contributed by atoms with Crippen LogP contribution in [-0.4, -0.2) is 5.97 Å². The summed E-state index contributed by atoms with van der Waals surface area (Å²) >= 11 is 0. The highest BCUT2D eigenvalue weighted by molar-refractivity contribution is 5.66. The van der Waals surface area contributed by atoms with Crippen LogP contribution in [0.25, 0.3) is 0 Å². The Morgan fingerprint density at radius 2 is 1.75 bits per heavy atom. The molecule has 0 aliphatic carbocycles. The summed E-state index contributed by atoms with van der Waals surface area (Å²) in [4.78, 5) is 9.75. The molecule has 0 atom stereocenters. The molecule has 2 nitrogen and oxygen atoms in total. The summed E-state index contributed by atoms with van der Waals surface area (Å²) < 4.78 is 4.17. The van der Waals surface area contributed by atoms with E-state index in [2.05, 4.69) is 38.0 Å². The van der Waals surface area contributed by atoms with Crippen LogP contribution in [0.2, 0.25) is 0 Å². The molecule has 0 spiro atoms. The van der Waals surface area contributed by atoms with Gasteiger partial charge >= 0.3 is 5.97 Å². The Hall–Kier alpha value is -1.31. The SMILES string of the molecule is C=C.C=CCCCCCC.C=COC(C)=O. The van der Waals surface area contributed by atoms with Crippen LogP contribution in [0.3, 0.4) is 0 Å². The van der Waals surface area contributed by atoms with Gasteiger partial charge in [-0.25, -0.2) is 0 Å². The molecule has 0 heterocycles. The number of carbonyl (C=O) groups excluding carboxylic acids is 1. The van der Waals surface area contributed by atoms with E-state index in [0.717, 1.165) is 6.26 Å². The average molecular weight is 226 g/mol. The van der Waals surface area contributed by atoms with Gasteiger partial charge in [0.05, 0.1) is 6.26 Å². The summed E-state index contributed by atoms with van der Waals surface area (Å²) in [5.41, 5.74) is 0. The van der Waals surface area contributed by atoms with Gasteiger partial charge in [0.2, 0.25) is 0 Å². The van der Waals surface area contributed by atoms with E-state index >= 15 is 0 Å². The monoisotopic (exact) mass is 226 g/mol. The fraction of sp³-hybridized carbons (Fsp3) is 0.500. The van der Waals surface area contributed by atoms with E-state index in [0.29, 0.717) is 0 Å². The van der Waals surface area contributed by atoms with Crippen LogP contribution in [0, 0.1) is 0 Å². The van der Waals surface area contributed by atoms with Crippen molar-refractivity contribution in [2.24, 2.45) is 0 Å². The third-order valence-corrected chi connectivity index (χ3v) is 1.51. The minimum absolute atomic E-state index is 0.329. The number of allylic oxidation sites excluding steroid dienone is 1. The van der Waals surface area contributed by atoms with Crippen molar-refractivity contribution in [2.75, 3.05) is 0 Å². The zero-order valence-electron chi connectivity index (χ0n) is 10.8. The number of rotatable bonds is 6. The normalized spacial score (nSPS) is 7.38. The third kappa shape index (κ3) is 38.7. The maximum absolute atomic E-state index is 9.75. The fourth-order valence-electron chi connectivity index (χ4n) is 0.833. The van der Waals surface area contributed by atoms with Crippen molar-refractivity contribution in [3.05, 3.63) is 38.7 Å². The lowest BCUT2D eigenvalue weighted by Gasteiger charge is -1.91. The lowest BCUT2D eigenvalue weighted by atomic mass is 10.2. The molecule has 0 fully saturated rings. The van der Waals surface area contributed by atoms with Crippen LogP contribution < -0.4 is 0 Å². The molecule has 0 N–H and O–H groups in total. The second kappa shape index (κ2) is 23.5. The molecule has 0 aromatic carbocycles. The first kappa shape index (κ1) is 20.1. The number of hydrogen-bond donors (Lipinski definition) is 0.